The zero-order valence-corrected chi connectivity index (χ0v) is 7.80. The average Bonchev–Trinajstić information content (AvgIpc) is 2.12. The van der Waals surface area contributed by atoms with Crippen molar-refractivity contribution in [1.29, 1.82) is 0 Å². The minimum Gasteiger partial charge on any atom is -0.496 e. The molecule has 13 heavy (non-hydrogen) atoms. The van der Waals surface area contributed by atoms with Gasteiger partial charge in [-0.3, -0.25) is 0 Å². The molecule has 0 saturated heterocycles. The van der Waals surface area contributed by atoms with Crippen molar-refractivity contribution >= 4 is 0 Å². The summed E-state index contributed by atoms with van der Waals surface area (Å²) >= 11 is 0. The quantitative estimate of drug-likeness (QED) is 0.774. The molecule has 3 heteroatoms. The van der Waals surface area contributed by atoms with Crippen molar-refractivity contribution in [3.05, 3.63) is 29.1 Å². The predicted octanol–water partition coefficient (Wildman–Crippen LogP) is 1.68. The maximum atomic E-state index is 13.2. The van der Waals surface area contributed by atoms with Gasteiger partial charge in [-0.2, -0.15) is 0 Å². The fourth-order valence-electron chi connectivity index (χ4n) is 1.34. The van der Waals surface area contributed by atoms with Gasteiger partial charge in [0.2, 0.25) is 0 Å². The smallest absolute Gasteiger partial charge is 0.127 e. The van der Waals surface area contributed by atoms with Crippen LogP contribution in [-0.4, -0.2) is 18.8 Å². The van der Waals surface area contributed by atoms with E-state index < -0.39 is 0 Å². The minimum atomic E-state index is -0.285. The van der Waals surface area contributed by atoms with Crippen molar-refractivity contribution in [2.24, 2.45) is 0 Å². The lowest BCUT2D eigenvalue weighted by molar-refractivity contribution is 0.297. The van der Waals surface area contributed by atoms with Crippen LogP contribution in [0.5, 0.6) is 5.75 Å². The second kappa shape index (κ2) is 4.23. The Morgan fingerprint density at radius 3 is 2.69 bits per heavy atom. The van der Waals surface area contributed by atoms with Crippen LogP contribution in [-0.2, 0) is 6.42 Å². The predicted molar refractivity (Wildman–Crippen MR) is 48.5 cm³/mol. The standard InChI is InChI=1S/C10H13FO2/c1-7-8(5-6-12)9(11)3-4-10(7)13-2/h3-4,12H,5-6H2,1-2H3. The molecular formula is C10H13FO2. The molecule has 0 unspecified atom stereocenters. The van der Waals surface area contributed by atoms with Gasteiger partial charge in [0.1, 0.15) is 11.6 Å². The van der Waals surface area contributed by atoms with E-state index >= 15 is 0 Å². The van der Waals surface area contributed by atoms with Crippen LogP contribution in [0.1, 0.15) is 11.1 Å². The van der Waals surface area contributed by atoms with E-state index in [2.05, 4.69) is 0 Å². The number of halogens is 1. The van der Waals surface area contributed by atoms with Gasteiger partial charge in [-0.05, 0) is 36.6 Å². The summed E-state index contributed by atoms with van der Waals surface area (Å²) in [6.07, 6.45) is 0.328. The van der Waals surface area contributed by atoms with E-state index in [0.29, 0.717) is 17.7 Å². The molecule has 0 aliphatic carbocycles. The van der Waals surface area contributed by atoms with Gasteiger partial charge < -0.3 is 9.84 Å². The highest BCUT2D eigenvalue weighted by molar-refractivity contribution is 5.40. The Labute approximate surface area is 77.0 Å². The van der Waals surface area contributed by atoms with Crippen LogP contribution in [0.3, 0.4) is 0 Å². The molecular weight excluding hydrogens is 171 g/mol. The molecule has 0 fully saturated rings. The molecule has 0 atom stereocenters. The van der Waals surface area contributed by atoms with Crippen molar-refractivity contribution < 1.29 is 14.2 Å². The first-order valence-electron chi connectivity index (χ1n) is 4.13. The van der Waals surface area contributed by atoms with E-state index in [9.17, 15) is 4.39 Å². The number of hydrogen-bond acceptors (Lipinski definition) is 2. The number of ether oxygens (including phenoxy) is 1. The van der Waals surface area contributed by atoms with Crippen LogP contribution in [0.25, 0.3) is 0 Å². The molecule has 0 spiro atoms. The molecule has 72 valence electrons. The highest BCUT2D eigenvalue weighted by Gasteiger charge is 2.09. The number of aliphatic hydroxyl groups excluding tert-OH is 1. The van der Waals surface area contributed by atoms with Gasteiger partial charge in [0, 0.05) is 6.61 Å². The molecule has 2 nitrogen and oxygen atoms in total. The summed E-state index contributed by atoms with van der Waals surface area (Å²) in [5.41, 5.74) is 1.29. The molecule has 1 aromatic carbocycles. The van der Waals surface area contributed by atoms with E-state index in [1.807, 2.05) is 0 Å². The molecule has 0 saturated carbocycles. The molecule has 0 heterocycles. The highest BCUT2D eigenvalue weighted by Crippen LogP contribution is 2.23. The lowest BCUT2D eigenvalue weighted by atomic mass is 10.0. The first kappa shape index (κ1) is 9.99. The Bertz CT molecular complexity index is 297. The van der Waals surface area contributed by atoms with Crippen molar-refractivity contribution in [1.82, 2.24) is 0 Å². The van der Waals surface area contributed by atoms with Crippen LogP contribution in [0, 0.1) is 12.7 Å². The largest absolute Gasteiger partial charge is 0.496 e. The maximum Gasteiger partial charge on any atom is 0.127 e. The molecule has 0 aliphatic rings. The maximum absolute atomic E-state index is 13.2. The van der Waals surface area contributed by atoms with Crippen LogP contribution in [0.4, 0.5) is 4.39 Å². The summed E-state index contributed by atoms with van der Waals surface area (Å²) in [5.74, 6) is 0.372. The SMILES string of the molecule is COc1ccc(F)c(CCO)c1C. The molecule has 0 radical (unpaired) electrons. The van der Waals surface area contributed by atoms with Crippen LogP contribution in [0.2, 0.25) is 0 Å². The van der Waals surface area contributed by atoms with Gasteiger partial charge in [0.05, 0.1) is 7.11 Å². The fourth-order valence-corrected chi connectivity index (χ4v) is 1.34. The van der Waals surface area contributed by atoms with Crippen molar-refractivity contribution in [2.75, 3.05) is 13.7 Å². The van der Waals surface area contributed by atoms with Gasteiger partial charge in [-0.1, -0.05) is 0 Å². The Morgan fingerprint density at radius 2 is 2.15 bits per heavy atom. The average molecular weight is 184 g/mol. The Balaban J connectivity index is 3.13. The summed E-state index contributed by atoms with van der Waals surface area (Å²) in [4.78, 5) is 0. The van der Waals surface area contributed by atoms with Gasteiger partial charge in [-0.25, -0.2) is 4.39 Å². The topological polar surface area (TPSA) is 29.5 Å². The Hall–Kier alpha value is -1.09. The summed E-state index contributed by atoms with van der Waals surface area (Å²) in [6.45, 7) is 1.73. The lowest BCUT2D eigenvalue weighted by Gasteiger charge is -2.10. The zero-order valence-electron chi connectivity index (χ0n) is 7.80. The third-order valence-corrected chi connectivity index (χ3v) is 2.07. The van der Waals surface area contributed by atoms with Crippen LogP contribution in [0.15, 0.2) is 12.1 Å². The number of aliphatic hydroxyl groups is 1. The van der Waals surface area contributed by atoms with Gasteiger partial charge in [0.25, 0.3) is 0 Å². The van der Waals surface area contributed by atoms with Gasteiger partial charge in [0.15, 0.2) is 0 Å². The number of methoxy groups -OCH3 is 1. The third kappa shape index (κ3) is 1.98. The molecule has 1 rings (SSSR count). The molecule has 0 bridgehead atoms. The molecule has 1 N–H and O–H groups in total. The van der Waals surface area contributed by atoms with E-state index in [0.717, 1.165) is 5.56 Å². The number of benzene rings is 1. The van der Waals surface area contributed by atoms with Gasteiger partial charge >= 0.3 is 0 Å². The van der Waals surface area contributed by atoms with Crippen molar-refractivity contribution in [3.63, 3.8) is 0 Å². The molecule has 0 amide bonds. The zero-order chi connectivity index (χ0) is 9.84. The van der Waals surface area contributed by atoms with E-state index in [4.69, 9.17) is 9.84 Å². The molecule has 1 aromatic rings. The monoisotopic (exact) mass is 184 g/mol. The number of rotatable bonds is 3. The van der Waals surface area contributed by atoms with Crippen LogP contribution < -0.4 is 4.74 Å². The van der Waals surface area contributed by atoms with Crippen LogP contribution >= 0.6 is 0 Å². The van der Waals surface area contributed by atoms with Crippen molar-refractivity contribution in [3.8, 4) is 5.75 Å². The Kier molecular flexibility index (Phi) is 3.25. The second-order valence-electron chi connectivity index (χ2n) is 2.83. The van der Waals surface area contributed by atoms with Gasteiger partial charge in [-0.15, -0.1) is 0 Å². The summed E-state index contributed by atoms with van der Waals surface area (Å²) in [6, 6.07) is 2.95. The molecule has 0 aliphatic heterocycles. The molecule has 0 aromatic heterocycles. The normalized spacial score (nSPS) is 10.2. The first-order valence-corrected chi connectivity index (χ1v) is 4.13. The third-order valence-electron chi connectivity index (χ3n) is 2.07. The Morgan fingerprint density at radius 1 is 1.46 bits per heavy atom. The van der Waals surface area contributed by atoms with Crippen molar-refractivity contribution in [2.45, 2.75) is 13.3 Å². The van der Waals surface area contributed by atoms with E-state index in [1.165, 1.54) is 6.07 Å². The fraction of sp³-hybridized carbons (Fsp3) is 0.400. The van der Waals surface area contributed by atoms with E-state index in [1.54, 1.807) is 20.1 Å². The summed E-state index contributed by atoms with van der Waals surface area (Å²) < 4.78 is 18.2. The summed E-state index contributed by atoms with van der Waals surface area (Å²) in [5, 5.41) is 8.72. The second-order valence-corrected chi connectivity index (χ2v) is 2.83. The lowest BCUT2D eigenvalue weighted by Crippen LogP contribution is -2.00. The van der Waals surface area contributed by atoms with E-state index in [-0.39, 0.29) is 12.4 Å². The first-order chi connectivity index (χ1) is 6.20. The highest BCUT2D eigenvalue weighted by atomic mass is 19.1. The summed E-state index contributed by atoms with van der Waals surface area (Å²) in [7, 11) is 1.54. The minimum absolute atomic E-state index is 0.0507. The number of hydrogen-bond donors (Lipinski definition) is 1.